The van der Waals surface area contributed by atoms with E-state index in [1.54, 1.807) is 42.7 Å². The fraction of sp³-hybridized carbons (Fsp3) is 0.172. The van der Waals surface area contributed by atoms with Gasteiger partial charge in [0.2, 0.25) is 0 Å². The van der Waals surface area contributed by atoms with E-state index in [1.165, 1.54) is 99.6 Å². The van der Waals surface area contributed by atoms with Gasteiger partial charge < -0.3 is 43.4 Å². The molecular formula is C87H75N3O6. The van der Waals surface area contributed by atoms with Crippen LogP contribution >= 0.6 is 0 Å². The van der Waals surface area contributed by atoms with Gasteiger partial charge in [-0.1, -0.05) is 109 Å². The first-order valence-corrected chi connectivity index (χ1v) is 32.9. The Balaban J connectivity index is 0.848. The molecule has 9 heteroatoms. The number of aryl methyl sites for hydroxylation is 6. The van der Waals surface area contributed by atoms with Gasteiger partial charge in [0.15, 0.2) is 0 Å². The molecule has 24 bridgehead atoms. The highest BCUT2D eigenvalue weighted by Gasteiger charge is 2.23. The quantitative estimate of drug-likeness (QED) is 0.153. The van der Waals surface area contributed by atoms with Crippen LogP contribution in [0.15, 0.2) is 182 Å². The van der Waals surface area contributed by atoms with E-state index in [0.29, 0.717) is 35.8 Å². The van der Waals surface area contributed by atoms with Crippen LogP contribution in [0.4, 0.5) is 0 Å². The SMILES string of the molecule is COc1cc(OC)c2cc1Cc1cc(c(C)cc1C)-c1ccc3c(c1)[nH]c1cc(ccc13)-c1cc(c(C)cc1C)Cc1cc(c(C)cc1C)-c1ccc3c(c1)[nH]c1cc(ccc13)-c1cc(c(OC)cc1OC)Cc1cc(c(OC)cc1OC)-c1ccc3c(c1)[nH]c1cc-2ccc13. The Hall–Kier alpha value is -11.2. The van der Waals surface area contributed by atoms with Crippen molar-refractivity contribution >= 4 is 65.4 Å². The van der Waals surface area contributed by atoms with Crippen molar-refractivity contribution in [1.82, 2.24) is 15.0 Å². The molecule has 0 radical (unpaired) electrons. The van der Waals surface area contributed by atoms with Crippen molar-refractivity contribution in [3.63, 3.8) is 0 Å². The van der Waals surface area contributed by atoms with Crippen LogP contribution in [0.25, 0.3) is 132 Å². The van der Waals surface area contributed by atoms with Gasteiger partial charge in [-0.25, -0.2) is 0 Å². The lowest BCUT2D eigenvalue weighted by Crippen LogP contribution is -2.01. The second-order valence-electron chi connectivity index (χ2n) is 26.3. The fourth-order valence-corrected chi connectivity index (χ4v) is 15.5. The minimum atomic E-state index is 0.505. The highest BCUT2D eigenvalue weighted by atomic mass is 16.5. The molecule has 0 fully saturated rings. The molecule has 1 aliphatic heterocycles. The summed E-state index contributed by atoms with van der Waals surface area (Å²) < 4.78 is 36.9. The number of methoxy groups -OCH3 is 6. The molecular weight excluding hydrogens is 1180 g/mol. The number of H-pyrrole nitrogens is 3. The Labute approximate surface area is 559 Å². The Morgan fingerprint density at radius 2 is 0.417 bits per heavy atom. The molecule has 0 spiro atoms. The number of aromatic amines is 3. The highest BCUT2D eigenvalue weighted by molar-refractivity contribution is 6.12. The van der Waals surface area contributed by atoms with Crippen LogP contribution in [0.3, 0.4) is 0 Å². The van der Waals surface area contributed by atoms with Gasteiger partial charge in [-0.3, -0.25) is 0 Å². The monoisotopic (exact) mass is 1260 g/mol. The van der Waals surface area contributed by atoms with Gasteiger partial charge in [0.05, 0.1) is 42.7 Å². The summed E-state index contributed by atoms with van der Waals surface area (Å²) in [6.07, 6.45) is 1.98. The number of nitrogens with one attached hydrogen (secondary N) is 3. The number of hydrogen-bond donors (Lipinski definition) is 3. The largest absolute Gasteiger partial charge is 0.496 e. The van der Waals surface area contributed by atoms with Crippen LogP contribution in [0.2, 0.25) is 0 Å². The summed E-state index contributed by atoms with van der Waals surface area (Å²) in [6, 6.07) is 67.5. The number of hydrogen-bond acceptors (Lipinski definition) is 6. The van der Waals surface area contributed by atoms with Crippen molar-refractivity contribution < 1.29 is 28.4 Å². The number of benzene rings is 12. The molecule has 0 amide bonds. The average molecular weight is 1260 g/mol. The Bertz CT molecular complexity index is 5740. The summed E-state index contributed by atoms with van der Waals surface area (Å²) in [5.74, 6) is 4.36. The van der Waals surface area contributed by atoms with Crippen LogP contribution < -0.4 is 28.4 Å². The van der Waals surface area contributed by atoms with Gasteiger partial charge in [0, 0.05) is 113 Å². The van der Waals surface area contributed by atoms with E-state index >= 15 is 0 Å². The minimum absolute atomic E-state index is 0.505. The second kappa shape index (κ2) is 23.4. The third-order valence-corrected chi connectivity index (χ3v) is 20.7. The molecule has 9 nitrogen and oxygen atoms in total. The summed E-state index contributed by atoms with van der Waals surface area (Å²) in [7, 11) is 10.3. The lowest BCUT2D eigenvalue weighted by molar-refractivity contribution is 0.389. The maximum atomic E-state index is 6.16. The molecule has 3 N–H and O–H groups in total. The third-order valence-electron chi connectivity index (χ3n) is 20.7. The van der Waals surface area contributed by atoms with Gasteiger partial charge in [0.25, 0.3) is 0 Å². The zero-order valence-electron chi connectivity index (χ0n) is 56.4. The summed E-state index contributed by atoms with van der Waals surface area (Å²) in [6.45, 7) is 13.4. The summed E-state index contributed by atoms with van der Waals surface area (Å²) in [5.41, 5.74) is 33.9. The number of fused-ring (bicyclic) bond motifs is 27. The van der Waals surface area contributed by atoms with E-state index in [-0.39, 0.29) is 0 Å². The summed E-state index contributed by atoms with van der Waals surface area (Å²) >= 11 is 0. The summed E-state index contributed by atoms with van der Waals surface area (Å²) in [5, 5.41) is 6.98. The summed E-state index contributed by atoms with van der Waals surface area (Å²) in [4.78, 5) is 11.5. The van der Waals surface area contributed by atoms with Crippen LogP contribution in [0, 0.1) is 41.5 Å². The van der Waals surface area contributed by atoms with E-state index in [4.69, 9.17) is 28.4 Å². The molecule has 16 rings (SSSR count). The molecule has 0 saturated carbocycles. The van der Waals surface area contributed by atoms with Gasteiger partial charge >= 0.3 is 0 Å². The highest BCUT2D eigenvalue weighted by Crippen LogP contribution is 2.46. The van der Waals surface area contributed by atoms with Gasteiger partial charge in [-0.15, -0.1) is 0 Å². The first-order valence-electron chi connectivity index (χ1n) is 32.9. The third kappa shape index (κ3) is 10.1. The molecule has 0 unspecified atom stereocenters. The van der Waals surface area contributed by atoms with E-state index in [1.807, 2.05) is 18.2 Å². The standard InChI is InChI=1S/C87H75N3O6/c1-46-25-49(4)70-31-58(46)28-59-32-71(50(5)26-47(59)2)53-14-21-66-67-22-17-56(41-79(67)89-78(66)38-53)74-35-62(83(92-8)44-86(74)95-11)30-63-36-75(87(96-12)45-84(63)93-9)57-18-24-69-68-23-16-55(40-80(68)90-81(69)42-57)73-34-61(82(91-7)43-85(73)94-10)29-60-33-72(51(6)27-48(60)3)54-15-20-65-64-19-13-52(70)37-76(64)88-77(65)39-54/h13-27,31-45,88-90H,28-30H2,1-12H3. The lowest BCUT2D eigenvalue weighted by atomic mass is 9.88. The zero-order valence-corrected chi connectivity index (χ0v) is 56.4. The molecule has 0 saturated heterocycles. The molecule has 15 aromatic rings. The van der Waals surface area contributed by atoms with Gasteiger partial charge in [-0.05, 0) is 219 Å². The zero-order chi connectivity index (χ0) is 65.9. The smallest absolute Gasteiger partial charge is 0.130 e. The van der Waals surface area contributed by atoms with Gasteiger partial charge in [-0.2, -0.15) is 0 Å². The normalized spacial score (nSPS) is 12.2. The van der Waals surface area contributed by atoms with E-state index in [2.05, 4.69) is 220 Å². The predicted octanol–water partition coefficient (Wildman–Crippen LogP) is 21.6. The maximum absolute atomic E-state index is 6.16. The van der Waals surface area contributed by atoms with Crippen molar-refractivity contribution in [2.75, 3.05) is 42.7 Å². The molecule has 474 valence electrons. The average Bonchev–Trinajstić information content (AvgIpc) is 1.88. The molecule has 12 aromatic carbocycles. The fourth-order valence-electron chi connectivity index (χ4n) is 15.5. The topological polar surface area (TPSA) is 103 Å². The predicted molar refractivity (Wildman–Crippen MR) is 396 cm³/mol. The van der Waals surface area contributed by atoms with E-state index in [0.717, 1.165) is 117 Å². The molecule has 0 aliphatic carbocycles. The lowest BCUT2D eigenvalue weighted by Gasteiger charge is -2.18. The number of aromatic nitrogens is 3. The Morgan fingerprint density at radius 1 is 0.208 bits per heavy atom. The van der Waals surface area contributed by atoms with Crippen LogP contribution in [0.1, 0.15) is 66.8 Å². The van der Waals surface area contributed by atoms with Crippen LogP contribution in [-0.4, -0.2) is 57.6 Å². The van der Waals surface area contributed by atoms with Crippen molar-refractivity contribution in [3.05, 3.63) is 249 Å². The van der Waals surface area contributed by atoms with Gasteiger partial charge in [0.1, 0.15) is 34.5 Å². The first kappa shape index (κ1) is 59.8. The number of rotatable bonds is 6. The van der Waals surface area contributed by atoms with E-state index < -0.39 is 0 Å². The number of ether oxygens (including phenoxy) is 6. The molecule has 3 aromatic heterocycles. The van der Waals surface area contributed by atoms with Crippen LogP contribution in [0.5, 0.6) is 34.5 Å². The molecule has 96 heavy (non-hydrogen) atoms. The molecule has 0 atom stereocenters. The van der Waals surface area contributed by atoms with Crippen molar-refractivity contribution in [1.29, 1.82) is 0 Å². The van der Waals surface area contributed by atoms with Crippen LogP contribution in [-0.2, 0) is 19.3 Å². The van der Waals surface area contributed by atoms with Crippen molar-refractivity contribution in [2.24, 2.45) is 0 Å². The molecule has 1 aliphatic rings. The Kier molecular flexibility index (Phi) is 14.6. The maximum Gasteiger partial charge on any atom is 0.130 e. The molecule has 4 heterocycles. The first-order chi connectivity index (χ1) is 46.7. The van der Waals surface area contributed by atoms with Crippen molar-refractivity contribution in [2.45, 2.75) is 60.8 Å². The van der Waals surface area contributed by atoms with E-state index in [9.17, 15) is 0 Å². The Morgan fingerprint density at radius 3 is 0.656 bits per heavy atom. The second-order valence-corrected chi connectivity index (χ2v) is 26.3. The minimum Gasteiger partial charge on any atom is -0.496 e. The van der Waals surface area contributed by atoms with Crippen molar-refractivity contribution in [3.8, 4) is 101 Å².